The van der Waals surface area contributed by atoms with Gasteiger partial charge in [0.1, 0.15) is 0 Å². The minimum atomic E-state index is -0.434. The van der Waals surface area contributed by atoms with Gasteiger partial charge in [-0.3, -0.25) is 4.79 Å². The minimum Gasteiger partial charge on any atom is -0.333 e. The Labute approximate surface area is 115 Å². The summed E-state index contributed by atoms with van der Waals surface area (Å²) in [6.45, 7) is 7.38. The molecule has 0 fully saturated rings. The SMILES string of the molecule is CC(C)(C)[C@H](N)C(=O)N1Cc2ccccc2C1.Cl. The van der Waals surface area contributed by atoms with Crippen LogP contribution in [0.15, 0.2) is 24.3 Å². The van der Waals surface area contributed by atoms with Crippen LogP contribution in [0.1, 0.15) is 31.9 Å². The van der Waals surface area contributed by atoms with E-state index in [0.29, 0.717) is 13.1 Å². The molecular weight excluding hydrogens is 248 g/mol. The predicted octanol–water partition coefficient (Wildman–Crippen LogP) is 2.32. The van der Waals surface area contributed by atoms with Gasteiger partial charge in [-0.05, 0) is 16.5 Å². The molecule has 1 amide bonds. The van der Waals surface area contributed by atoms with E-state index in [1.807, 2.05) is 37.8 Å². The van der Waals surface area contributed by atoms with Crippen molar-refractivity contribution in [1.82, 2.24) is 4.90 Å². The molecule has 1 heterocycles. The molecule has 4 heteroatoms. The third-order valence-electron chi connectivity index (χ3n) is 3.35. The van der Waals surface area contributed by atoms with Gasteiger partial charge >= 0.3 is 0 Å². The molecule has 0 unspecified atom stereocenters. The lowest BCUT2D eigenvalue weighted by Crippen LogP contribution is -2.48. The van der Waals surface area contributed by atoms with Crippen molar-refractivity contribution in [2.45, 2.75) is 39.9 Å². The largest absolute Gasteiger partial charge is 0.333 e. The third-order valence-corrected chi connectivity index (χ3v) is 3.35. The third kappa shape index (κ3) is 2.85. The van der Waals surface area contributed by atoms with E-state index in [4.69, 9.17) is 5.73 Å². The second kappa shape index (κ2) is 5.29. The molecule has 0 spiro atoms. The van der Waals surface area contributed by atoms with Crippen LogP contribution < -0.4 is 5.73 Å². The molecule has 1 atom stereocenters. The van der Waals surface area contributed by atoms with E-state index in [0.717, 1.165) is 0 Å². The highest BCUT2D eigenvalue weighted by molar-refractivity contribution is 5.85. The number of fused-ring (bicyclic) bond motifs is 1. The highest BCUT2D eigenvalue weighted by Gasteiger charge is 2.33. The van der Waals surface area contributed by atoms with Crippen LogP contribution in [-0.2, 0) is 17.9 Å². The van der Waals surface area contributed by atoms with Crippen LogP contribution in [0.3, 0.4) is 0 Å². The Balaban J connectivity index is 0.00000162. The van der Waals surface area contributed by atoms with Gasteiger partial charge in [0.05, 0.1) is 6.04 Å². The number of carbonyl (C=O) groups is 1. The molecule has 1 aromatic rings. The number of nitrogens with zero attached hydrogens (tertiary/aromatic N) is 1. The van der Waals surface area contributed by atoms with Crippen molar-refractivity contribution in [3.05, 3.63) is 35.4 Å². The van der Waals surface area contributed by atoms with E-state index < -0.39 is 6.04 Å². The lowest BCUT2D eigenvalue weighted by molar-refractivity contribution is -0.135. The Morgan fingerprint density at radius 3 is 2.06 bits per heavy atom. The Morgan fingerprint density at radius 2 is 1.67 bits per heavy atom. The quantitative estimate of drug-likeness (QED) is 0.850. The highest BCUT2D eigenvalue weighted by atomic mass is 35.5. The summed E-state index contributed by atoms with van der Waals surface area (Å²) in [5.74, 6) is 0.0497. The number of hydrogen-bond donors (Lipinski definition) is 1. The van der Waals surface area contributed by atoms with Crippen LogP contribution in [0.4, 0.5) is 0 Å². The van der Waals surface area contributed by atoms with Crippen molar-refractivity contribution in [2.75, 3.05) is 0 Å². The molecule has 1 aliphatic heterocycles. The number of nitrogens with two attached hydrogens (primary N) is 1. The maximum absolute atomic E-state index is 12.3. The fourth-order valence-corrected chi connectivity index (χ4v) is 2.06. The Hall–Kier alpha value is -1.06. The first-order chi connectivity index (χ1) is 7.89. The normalized spacial score (nSPS) is 15.9. The smallest absolute Gasteiger partial charge is 0.240 e. The minimum absolute atomic E-state index is 0. The average Bonchev–Trinajstić information content (AvgIpc) is 2.69. The number of hydrogen-bond acceptors (Lipinski definition) is 2. The maximum Gasteiger partial charge on any atom is 0.240 e. The van der Waals surface area contributed by atoms with Gasteiger partial charge in [-0.25, -0.2) is 0 Å². The van der Waals surface area contributed by atoms with Gasteiger partial charge in [-0.1, -0.05) is 45.0 Å². The summed E-state index contributed by atoms with van der Waals surface area (Å²) in [5, 5.41) is 0. The standard InChI is InChI=1S/C14H20N2O.ClH/c1-14(2,3)12(15)13(17)16-8-10-6-4-5-7-11(10)9-16;/h4-7,12H,8-9,15H2,1-3H3;1H/t12-;/m1./s1. The molecule has 1 aliphatic rings. The molecule has 0 radical (unpaired) electrons. The molecule has 0 saturated heterocycles. The van der Waals surface area contributed by atoms with Crippen molar-refractivity contribution in [3.8, 4) is 0 Å². The van der Waals surface area contributed by atoms with Gasteiger partial charge in [0.2, 0.25) is 5.91 Å². The van der Waals surface area contributed by atoms with Gasteiger partial charge in [0.15, 0.2) is 0 Å². The second-order valence-electron chi connectivity index (χ2n) is 5.81. The van der Waals surface area contributed by atoms with E-state index in [1.165, 1.54) is 11.1 Å². The predicted molar refractivity (Wildman–Crippen MR) is 75.4 cm³/mol. The molecule has 0 saturated carbocycles. The summed E-state index contributed by atoms with van der Waals surface area (Å²) in [5.41, 5.74) is 8.30. The van der Waals surface area contributed by atoms with E-state index in [1.54, 1.807) is 0 Å². The summed E-state index contributed by atoms with van der Waals surface area (Å²) in [7, 11) is 0. The van der Waals surface area contributed by atoms with Crippen LogP contribution in [0.2, 0.25) is 0 Å². The first-order valence-corrected chi connectivity index (χ1v) is 6.01. The highest BCUT2D eigenvalue weighted by Crippen LogP contribution is 2.26. The number of halogens is 1. The summed E-state index contributed by atoms with van der Waals surface area (Å²) in [4.78, 5) is 14.1. The monoisotopic (exact) mass is 268 g/mol. The van der Waals surface area contributed by atoms with E-state index >= 15 is 0 Å². The molecule has 1 aromatic carbocycles. The summed E-state index contributed by atoms with van der Waals surface area (Å²) in [6.07, 6.45) is 0. The van der Waals surface area contributed by atoms with Gasteiger partial charge in [0.25, 0.3) is 0 Å². The lowest BCUT2D eigenvalue weighted by atomic mass is 9.86. The van der Waals surface area contributed by atoms with E-state index in [2.05, 4.69) is 12.1 Å². The Kier molecular flexibility index (Phi) is 4.41. The molecule has 3 nitrogen and oxygen atoms in total. The van der Waals surface area contributed by atoms with Crippen molar-refractivity contribution in [2.24, 2.45) is 11.1 Å². The fourth-order valence-electron chi connectivity index (χ4n) is 2.06. The first kappa shape index (κ1) is 15.0. The van der Waals surface area contributed by atoms with Gasteiger partial charge in [-0.15, -0.1) is 12.4 Å². The molecule has 18 heavy (non-hydrogen) atoms. The zero-order chi connectivity index (χ0) is 12.6. The van der Waals surface area contributed by atoms with Crippen LogP contribution >= 0.6 is 12.4 Å². The van der Waals surface area contributed by atoms with E-state index in [-0.39, 0.29) is 23.7 Å². The van der Waals surface area contributed by atoms with Crippen LogP contribution in [-0.4, -0.2) is 16.8 Å². The molecule has 2 N–H and O–H groups in total. The van der Waals surface area contributed by atoms with Crippen molar-refractivity contribution in [1.29, 1.82) is 0 Å². The number of rotatable bonds is 1. The molecule has 0 aliphatic carbocycles. The van der Waals surface area contributed by atoms with Crippen LogP contribution in [0.5, 0.6) is 0 Å². The first-order valence-electron chi connectivity index (χ1n) is 6.01. The van der Waals surface area contributed by atoms with Crippen molar-refractivity contribution >= 4 is 18.3 Å². The molecule has 0 bridgehead atoms. The van der Waals surface area contributed by atoms with Gasteiger partial charge in [-0.2, -0.15) is 0 Å². The molecular formula is C14H21ClN2O. The van der Waals surface area contributed by atoms with Crippen molar-refractivity contribution in [3.63, 3.8) is 0 Å². The van der Waals surface area contributed by atoms with Gasteiger partial charge < -0.3 is 10.6 Å². The zero-order valence-corrected chi connectivity index (χ0v) is 12.0. The summed E-state index contributed by atoms with van der Waals surface area (Å²) in [6, 6.07) is 7.74. The van der Waals surface area contributed by atoms with Gasteiger partial charge in [0, 0.05) is 13.1 Å². The number of benzene rings is 1. The molecule has 2 rings (SSSR count). The zero-order valence-electron chi connectivity index (χ0n) is 11.1. The van der Waals surface area contributed by atoms with Crippen LogP contribution in [0, 0.1) is 5.41 Å². The second-order valence-corrected chi connectivity index (χ2v) is 5.81. The maximum atomic E-state index is 12.3. The Bertz CT molecular complexity index is 415. The fraction of sp³-hybridized carbons (Fsp3) is 0.500. The van der Waals surface area contributed by atoms with Crippen LogP contribution in [0.25, 0.3) is 0 Å². The van der Waals surface area contributed by atoms with Crippen molar-refractivity contribution < 1.29 is 4.79 Å². The lowest BCUT2D eigenvalue weighted by Gasteiger charge is -2.29. The summed E-state index contributed by atoms with van der Waals surface area (Å²) < 4.78 is 0. The number of carbonyl (C=O) groups excluding carboxylic acids is 1. The molecule has 100 valence electrons. The Morgan fingerprint density at radius 1 is 1.22 bits per heavy atom. The number of amides is 1. The topological polar surface area (TPSA) is 46.3 Å². The van der Waals surface area contributed by atoms with E-state index in [9.17, 15) is 4.79 Å². The summed E-state index contributed by atoms with van der Waals surface area (Å²) >= 11 is 0. The molecule has 0 aromatic heterocycles. The average molecular weight is 269 g/mol.